The maximum absolute atomic E-state index is 13.9. The van der Waals surface area contributed by atoms with E-state index in [4.69, 9.17) is 4.74 Å². The van der Waals surface area contributed by atoms with Gasteiger partial charge in [0.05, 0.1) is 40.4 Å². The fourth-order valence-electron chi connectivity index (χ4n) is 4.63. The molecule has 2 aliphatic heterocycles. The Kier molecular flexibility index (Phi) is 4.88. The van der Waals surface area contributed by atoms with Crippen molar-refractivity contribution in [2.45, 2.75) is 38.8 Å². The number of fused-ring (bicyclic) bond motifs is 3. The lowest BCUT2D eigenvalue weighted by Crippen LogP contribution is -2.50. The van der Waals surface area contributed by atoms with Gasteiger partial charge in [0, 0.05) is 18.5 Å². The van der Waals surface area contributed by atoms with Crippen molar-refractivity contribution in [1.29, 1.82) is 0 Å². The second-order valence-corrected chi connectivity index (χ2v) is 8.71. The maximum Gasteiger partial charge on any atom is 0.317 e. The number of carbonyl (C=O) groups is 1. The molecule has 33 heavy (non-hydrogen) atoms. The van der Waals surface area contributed by atoms with Crippen molar-refractivity contribution in [2.24, 2.45) is 0 Å². The monoisotopic (exact) mass is 450 g/mol. The molecule has 0 unspecified atom stereocenters. The summed E-state index contributed by atoms with van der Waals surface area (Å²) in [5.41, 5.74) is 2.82. The highest BCUT2D eigenvalue weighted by molar-refractivity contribution is 5.78. The van der Waals surface area contributed by atoms with E-state index in [0.717, 1.165) is 12.0 Å². The quantitative estimate of drug-likeness (QED) is 0.579. The number of carbonyl (C=O) groups excluding carboxylic acids is 1. The molecule has 5 rings (SSSR count). The number of nitrogens with zero attached hydrogens (tertiary/aromatic N) is 5. The number of benzene rings is 1. The number of phenols is 1. The molecule has 0 saturated carbocycles. The Bertz CT molecular complexity index is 1250. The molecule has 1 aromatic carbocycles. The zero-order valence-electron chi connectivity index (χ0n) is 18.5. The van der Waals surface area contributed by atoms with E-state index < -0.39 is 11.6 Å². The normalized spacial score (nSPS) is 21.2. The highest BCUT2D eigenvalue weighted by Gasteiger charge is 2.47. The van der Waals surface area contributed by atoms with E-state index in [1.165, 1.54) is 12.1 Å². The van der Waals surface area contributed by atoms with Gasteiger partial charge in [0.15, 0.2) is 23.7 Å². The summed E-state index contributed by atoms with van der Waals surface area (Å²) in [6.07, 6.45) is 1.27. The highest BCUT2D eigenvalue weighted by atomic mass is 19.1. The van der Waals surface area contributed by atoms with Crippen molar-refractivity contribution in [3.8, 4) is 23.0 Å². The van der Waals surface area contributed by atoms with Crippen LogP contribution in [0, 0.1) is 19.7 Å². The molecule has 170 valence electrons. The summed E-state index contributed by atoms with van der Waals surface area (Å²) in [4.78, 5) is 22.1. The van der Waals surface area contributed by atoms with Crippen LogP contribution in [0.5, 0.6) is 11.8 Å². The van der Waals surface area contributed by atoms with Crippen LogP contribution in [-0.4, -0.2) is 56.3 Å². The second kappa shape index (κ2) is 7.65. The molecule has 2 N–H and O–H groups in total. The van der Waals surface area contributed by atoms with E-state index in [1.807, 2.05) is 0 Å². The number of anilines is 2. The fourth-order valence-corrected chi connectivity index (χ4v) is 4.63. The highest BCUT2D eigenvalue weighted by Crippen LogP contribution is 2.43. The molecule has 3 aromatic rings. The van der Waals surface area contributed by atoms with Gasteiger partial charge in [-0.2, -0.15) is 9.97 Å². The lowest BCUT2D eigenvalue weighted by Gasteiger charge is -2.41. The largest absolute Gasteiger partial charge is 0.504 e. The number of phenolic OH excluding ortho intramolecular Hbond substituents is 1. The third-order valence-electron chi connectivity index (χ3n) is 6.37. The van der Waals surface area contributed by atoms with Crippen LogP contribution in [-0.2, 0) is 0 Å². The molecule has 4 heterocycles. The molecule has 10 heteroatoms. The smallest absolute Gasteiger partial charge is 0.317 e. The topological polar surface area (TPSA) is 113 Å². The van der Waals surface area contributed by atoms with E-state index in [2.05, 4.69) is 37.3 Å². The number of hydrogen-bond donors (Lipinski definition) is 2. The predicted molar refractivity (Wildman–Crippen MR) is 119 cm³/mol. The van der Waals surface area contributed by atoms with Crippen LogP contribution in [0.1, 0.15) is 35.1 Å². The molecule has 2 aromatic heterocycles. The molecule has 9 nitrogen and oxygen atoms in total. The summed E-state index contributed by atoms with van der Waals surface area (Å²) in [5.74, 6) is -0.551. The van der Waals surface area contributed by atoms with E-state index in [-0.39, 0.29) is 23.2 Å². The lowest BCUT2D eigenvalue weighted by atomic mass is 9.95. The molecule has 0 spiro atoms. The van der Waals surface area contributed by atoms with E-state index in [9.17, 15) is 14.3 Å². The predicted octanol–water partition coefficient (Wildman–Crippen LogP) is 3.05. The van der Waals surface area contributed by atoms with Gasteiger partial charge in [0.1, 0.15) is 6.10 Å². The van der Waals surface area contributed by atoms with Gasteiger partial charge in [-0.05, 0) is 39.0 Å². The summed E-state index contributed by atoms with van der Waals surface area (Å²) >= 11 is 0. The summed E-state index contributed by atoms with van der Waals surface area (Å²) in [6.45, 7) is 6.84. The van der Waals surface area contributed by atoms with Gasteiger partial charge in [-0.1, -0.05) is 6.07 Å². The summed E-state index contributed by atoms with van der Waals surface area (Å²) in [7, 11) is 0. The molecule has 0 bridgehead atoms. The van der Waals surface area contributed by atoms with Crippen LogP contribution in [0.15, 0.2) is 24.3 Å². The summed E-state index contributed by atoms with van der Waals surface area (Å²) in [6, 6.07) is 6.36. The minimum absolute atomic E-state index is 0.192. The van der Waals surface area contributed by atoms with Crippen molar-refractivity contribution in [3.05, 3.63) is 47.0 Å². The number of rotatable bonds is 4. The Hall–Kier alpha value is -3.82. The van der Waals surface area contributed by atoms with Gasteiger partial charge in [0.25, 0.3) is 0 Å². The Morgan fingerprint density at radius 2 is 2.03 bits per heavy atom. The first-order chi connectivity index (χ1) is 15.8. The Labute approximate surface area is 189 Å². The van der Waals surface area contributed by atoms with Gasteiger partial charge in [-0.15, -0.1) is 10.2 Å². The molecule has 1 saturated heterocycles. The van der Waals surface area contributed by atoms with Crippen LogP contribution < -0.4 is 15.0 Å². The lowest BCUT2D eigenvalue weighted by molar-refractivity contribution is 0.112. The van der Waals surface area contributed by atoms with E-state index in [1.54, 1.807) is 26.0 Å². The molecular formula is C23H23FN6O3. The average Bonchev–Trinajstić information content (AvgIpc) is 3.11. The first-order valence-corrected chi connectivity index (χ1v) is 10.6. The third kappa shape index (κ3) is 3.51. The van der Waals surface area contributed by atoms with Crippen LogP contribution in [0.4, 0.5) is 15.9 Å². The molecule has 2 aliphatic rings. The number of para-hydroxylation sites is 1. The minimum atomic E-state index is -0.712. The molecule has 0 radical (unpaired) electrons. The minimum Gasteiger partial charge on any atom is -0.504 e. The zero-order valence-corrected chi connectivity index (χ0v) is 18.5. The number of halogens is 1. The van der Waals surface area contributed by atoms with Crippen molar-refractivity contribution >= 4 is 17.8 Å². The molecule has 1 fully saturated rings. The van der Waals surface area contributed by atoms with Gasteiger partial charge in [-0.3, -0.25) is 4.79 Å². The van der Waals surface area contributed by atoms with E-state index in [0.29, 0.717) is 48.0 Å². The Morgan fingerprint density at radius 3 is 2.76 bits per heavy atom. The number of aldehydes is 1. The van der Waals surface area contributed by atoms with Gasteiger partial charge in [0.2, 0.25) is 0 Å². The van der Waals surface area contributed by atoms with Crippen molar-refractivity contribution in [2.75, 3.05) is 23.3 Å². The number of hydrogen-bond acceptors (Lipinski definition) is 9. The first-order valence-electron chi connectivity index (χ1n) is 10.6. The first kappa shape index (κ1) is 21.0. The van der Waals surface area contributed by atoms with Crippen molar-refractivity contribution in [1.82, 2.24) is 20.2 Å². The third-order valence-corrected chi connectivity index (χ3v) is 6.37. The fraction of sp³-hybridized carbons (Fsp3) is 0.348. The average molecular weight is 450 g/mol. The Morgan fingerprint density at radius 1 is 1.27 bits per heavy atom. The molecule has 2 atom stereocenters. The van der Waals surface area contributed by atoms with Gasteiger partial charge >= 0.3 is 6.01 Å². The summed E-state index contributed by atoms with van der Waals surface area (Å²) in [5, 5.41) is 21.9. The van der Waals surface area contributed by atoms with Gasteiger partial charge in [-0.25, -0.2) is 4.39 Å². The Balaban J connectivity index is 1.45. The van der Waals surface area contributed by atoms with Crippen molar-refractivity contribution in [3.63, 3.8) is 0 Å². The zero-order chi connectivity index (χ0) is 23.3. The second-order valence-electron chi connectivity index (χ2n) is 8.71. The number of aryl methyl sites for hydroxylation is 2. The molecule has 0 aliphatic carbocycles. The van der Waals surface area contributed by atoms with Crippen LogP contribution in [0.25, 0.3) is 11.3 Å². The number of aromatic hydroxyl groups is 1. The summed E-state index contributed by atoms with van der Waals surface area (Å²) < 4.78 is 20.0. The van der Waals surface area contributed by atoms with Crippen LogP contribution >= 0.6 is 0 Å². The van der Waals surface area contributed by atoms with Gasteiger partial charge < -0.3 is 20.1 Å². The van der Waals surface area contributed by atoms with Crippen LogP contribution in [0.2, 0.25) is 0 Å². The number of nitrogens with one attached hydrogen (secondary N) is 1. The standard InChI is InChI=1S/C23H23FN6O3/c1-12-16(10-31)13(2)27-22(26-12)33-14-8-23(3)11-25-21-19(30(23)9-14)7-18(28-29-21)15-5-4-6-17(24)20(15)32/h4-7,10,14,32H,8-9,11H2,1-3H3,(H,25,29)/t14-,23-/m1/s1. The maximum atomic E-state index is 13.9. The molecular weight excluding hydrogens is 427 g/mol. The molecule has 0 amide bonds. The SMILES string of the molecule is Cc1nc(O[C@H]2CN3c4cc(-c5cccc(F)c5O)nnc4NC[C@@]3(C)C2)nc(C)c1C=O. The van der Waals surface area contributed by atoms with Crippen molar-refractivity contribution < 1.29 is 19.0 Å². The number of ether oxygens (including phenoxy) is 1. The van der Waals surface area contributed by atoms with E-state index >= 15 is 0 Å². The number of aromatic nitrogens is 4. The van der Waals surface area contributed by atoms with Crippen LogP contribution in [0.3, 0.4) is 0 Å².